The van der Waals surface area contributed by atoms with Gasteiger partial charge in [-0.2, -0.15) is 13.2 Å². The van der Waals surface area contributed by atoms with Crippen LogP contribution in [0.15, 0.2) is 42.6 Å². The molecule has 0 spiro atoms. The molecule has 0 aliphatic rings. The number of amides is 1. The fraction of sp³-hybridized carbons (Fsp3) is 0.286. The Bertz CT molecular complexity index is 1090. The van der Waals surface area contributed by atoms with Gasteiger partial charge in [0.2, 0.25) is 0 Å². The number of hydrogen-bond acceptors (Lipinski definition) is 4. The number of anilines is 1. The minimum absolute atomic E-state index is 0.0116. The second kappa shape index (κ2) is 8.56. The molecule has 0 atom stereocenters. The van der Waals surface area contributed by atoms with Crippen LogP contribution < -0.4 is 5.32 Å². The molecule has 6 nitrogen and oxygen atoms in total. The first kappa shape index (κ1) is 21.4. The molecule has 0 aliphatic heterocycles. The average Bonchev–Trinajstić information content (AvgIpc) is 3.09. The van der Waals surface area contributed by atoms with Crippen LogP contribution in [-0.2, 0) is 17.3 Å². The molecule has 0 saturated heterocycles. The fourth-order valence-corrected chi connectivity index (χ4v) is 2.94. The molecule has 1 amide bonds. The van der Waals surface area contributed by atoms with Crippen molar-refractivity contribution in [1.82, 2.24) is 9.38 Å². The second-order valence-electron chi connectivity index (χ2n) is 6.58. The number of aryl methyl sites for hydroxylation is 1. The Labute approximate surface area is 170 Å². The smallest absolute Gasteiger partial charge is 0.417 e. The minimum atomic E-state index is -4.55. The van der Waals surface area contributed by atoms with E-state index in [-0.39, 0.29) is 23.5 Å². The first-order valence-corrected chi connectivity index (χ1v) is 9.41. The van der Waals surface area contributed by atoms with Gasteiger partial charge in [0.25, 0.3) is 5.91 Å². The van der Waals surface area contributed by atoms with Crippen LogP contribution in [0.2, 0.25) is 0 Å². The number of esters is 1. The molecule has 0 unspecified atom stereocenters. The highest BCUT2D eigenvalue weighted by atomic mass is 19.4. The van der Waals surface area contributed by atoms with Crippen LogP contribution in [0.4, 0.5) is 18.9 Å². The Hall–Kier alpha value is -3.36. The maximum absolute atomic E-state index is 13.1. The molecule has 1 N–H and O–H groups in total. The number of alkyl halides is 3. The van der Waals surface area contributed by atoms with E-state index in [1.54, 1.807) is 25.1 Å². The number of benzene rings is 1. The summed E-state index contributed by atoms with van der Waals surface area (Å²) < 4.78 is 45.6. The molecule has 3 aromatic rings. The maximum atomic E-state index is 13.1. The predicted octanol–water partition coefficient (Wildman–Crippen LogP) is 4.73. The highest BCUT2D eigenvalue weighted by Crippen LogP contribution is 2.30. The van der Waals surface area contributed by atoms with Gasteiger partial charge >= 0.3 is 12.1 Å². The summed E-state index contributed by atoms with van der Waals surface area (Å²) in [6.07, 6.45) is -2.66. The van der Waals surface area contributed by atoms with Crippen molar-refractivity contribution in [2.75, 3.05) is 11.9 Å². The lowest BCUT2D eigenvalue weighted by molar-refractivity contribution is -0.137. The summed E-state index contributed by atoms with van der Waals surface area (Å²) in [4.78, 5) is 29.2. The van der Waals surface area contributed by atoms with Gasteiger partial charge in [0, 0.05) is 11.9 Å². The molecular formula is C21H20F3N3O3. The van der Waals surface area contributed by atoms with E-state index in [1.807, 2.05) is 6.92 Å². The maximum Gasteiger partial charge on any atom is 0.417 e. The number of hydrogen-bond donors (Lipinski definition) is 1. The Morgan fingerprint density at radius 2 is 1.93 bits per heavy atom. The molecule has 9 heteroatoms. The van der Waals surface area contributed by atoms with Gasteiger partial charge in [-0.15, -0.1) is 0 Å². The Balaban J connectivity index is 1.94. The molecule has 2 aromatic heterocycles. The normalized spacial score (nSPS) is 11.5. The average molecular weight is 419 g/mol. The summed E-state index contributed by atoms with van der Waals surface area (Å²) in [6.45, 7) is 3.90. The number of rotatable bonds is 6. The van der Waals surface area contributed by atoms with Crippen LogP contribution in [0.3, 0.4) is 0 Å². The molecule has 30 heavy (non-hydrogen) atoms. The lowest BCUT2D eigenvalue weighted by Gasteiger charge is -2.10. The van der Waals surface area contributed by atoms with Gasteiger partial charge in [-0.3, -0.25) is 9.20 Å². The Morgan fingerprint density at radius 3 is 2.60 bits per heavy atom. The van der Waals surface area contributed by atoms with E-state index >= 15 is 0 Å². The predicted molar refractivity (Wildman–Crippen MR) is 105 cm³/mol. The molecule has 3 rings (SSSR count). The van der Waals surface area contributed by atoms with E-state index < -0.39 is 23.6 Å². The number of fused-ring (bicyclic) bond motifs is 1. The van der Waals surface area contributed by atoms with Gasteiger partial charge in [-0.05, 0) is 43.2 Å². The van der Waals surface area contributed by atoms with Crippen molar-refractivity contribution < 1.29 is 27.5 Å². The van der Waals surface area contributed by atoms with Crippen LogP contribution in [0.25, 0.3) is 5.65 Å². The van der Waals surface area contributed by atoms with Gasteiger partial charge < -0.3 is 10.1 Å². The largest absolute Gasteiger partial charge is 0.462 e. The highest BCUT2D eigenvalue weighted by Gasteiger charge is 2.32. The molecule has 1 aromatic carbocycles. The van der Waals surface area contributed by atoms with Gasteiger partial charge in [0.1, 0.15) is 11.3 Å². The zero-order valence-corrected chi connectivity index (χ0v) is 16.4. The third kappa shape index (κ3) is 4.45. The van der Waals surface area contributed by atoms with Gasteiger partial charge in [-0.25, -0.2) is 9.78 Å². The molecular weight excluding hydrogens is 399 g/mol. The summed E-state index contributed by atoms with van der Waals surface area (Å²) in [5, 5.41) is 2.63. The van der Waals surface area contributed by atoms with Crippen LogP contribution in [0, 0.1) is 0 Å². The summed E-state index contributed by atoms with van der Waals surface area (Å²) in [5.74, 6) is -1.15. The van der Waals surface area contributed by atoms with Crippen molar-refractivity contribution >= 4 is 23.2 Å². The van der Waals surface area contributed by atoms with Crippen LogP contribution >= 0.6 is 0 Å². The molecule has 0 bridgehead atoms. The standard InChI is InChI=1S/C21H20F3N3O3/c1-3-10-30-20(29)13-6-5-7-15(11-13)25-19(28)18-16(4-2)26-17-9-8-14(12-27(17)18)21(22,23)24/h5-9,11-12H,3-4,10H2,1-2H3,(H,25,28). The number of carbonyl (C=O) groups is 2. The van der Waals surface area contributed by atoms with Crippen molar-refractivity contribution in [3.05, 3.63) is 65.1 Å². The quantitative estimate of drug-likeness (QED) is 0.586. The van der Waals surface area contributed by atoms with E-state index in [1.165, 1.54) is 12.1 Å². The van der Waals surface area contributed by atoms with Crippen molar-refractivity contribution in [2.24, 2.45) is 0 Å². The number of aromatic nitrogens is 2. The van der Waals surface area contributed by atoms with Crippen molar-refractivity contribution in [1.29, 1.82) is 0 Å². The van der Waals surface area contributed by atoms with Crippen molar-refractivity contribution in [3.63, 3.8) is 0 Å². The number of nitrogens with one attached hydrogen (secondary N) is 1. The van der Waals surface area contributed by atoms with E-state index in [0.29, 0.717) is 24.2 Å². The van der Waals surface area contributed by atoms with E-state index in [2.05, 4.69) is 10.3 Å². The summed E-state index contributed by atoms with van der Waals surface area (Å²) in [5.41, 5.74) is 0.305. The van der Waals surface area contributed by atoms with E-state index in [9.17, 15) is 22.8 Å². The van der Waals surface area contributed by atoms with Crippen LogP contribution in [-0.4, -0.2) is 27.9 Å². The molecule has 0 fully saturated rings. The number of ether oxygens (including phenoxy) is 1. The summed E-state index contributed by atoms with van der Waals surface area (Å²) in [6, 6.07) is 8.30. The Kier molecular flexibility index (Phi) is 6.09. The number of imidazole rings is 1. The second-order valence-corrected chi connectivity index (χ2v) is 6.58. The van der Waals surface area contributed by atoms with E-state index in [0.717, 1.165) is 16.7 Å². The zero-order chi connectivity index (χ0) is 21.9. The molecule has 0 radical (unpaired) electrons. The van der Waals surface area contributed by atoms with Gasteiger partial charge in [0.05, 0.1) is 23.4 Å². The summed E-state index contributed by atoms with van der Waals surface area (Å²) >= 11 is 0. The number of carbonyl (C=O) groups excluding carboxylic acids is 2. The van der Waals surface area contributed by atoms with E-state index in [4.69, 9.17) is 4.74 Å². The molecule has 0 aliphatic carbocycles. The lowest BCUT2D eigenvalue weighted by atomic mass is 10.2. The topological polar surface area (TPSA) is 72.7 Å². The highest BCUT2D eigenvalue weighted by molar-refractivity contribution is 6.05. The van der Waals surface area contributed by atoms with Gasteiger partial charge in [-0.1, -0.05) is 19.9 Å². The minimum Gasteiger partial charge on any atom is -0.462 e. The monoisotopic (exact) mass is 419 g/mol. The zero-order valence-electron chi connectivity index (χ0n) is 16.4. The lowest BCUT2D eigenvalue weighted by Crippen LogP contribution is -2.17. The number of pyridine rings is 1. The van der Waals surface area contributed by atoms with Gasteiger partial charge in [0.15, 0.2) is 0 Å². The fourth-order valence-electron chi connectivity index (χ4n) is 2.94. The third-order valence-electron chi connectivity index (χ3n) is 4.36. The number of halogens is 3. The number of nitrogens with zero attached hydrogens (tertiary/aromatic N) is 2. The third-order valence-corrected chi connectivity index (χ3v) is 4.36. The van der Waals surface area contributed by atoms with Crippen molar-refractivity contribution in [2.45, 2.75) is 32.9 Å². The first-order chi connectivity index (χ1) is 14.2. The Morgan fingerprint density at radius 1 is 1.17 bits per heavy atom. The van der Waals surface area contributed by atoms with Crippen LogP contribution in [0.1, 0.15) is 52.4 Å². The SMILES string of the molecule is CCCOC(=O)c1cccc(NC(=O)c2c(CC)nc3ccc(C(F)(F)F)cn23)c1. The summed E-state index contributed by atoms with van der Waals surface area (Å²) in [7, 11) is 0. The first-order valence-electron chi connectivity index (χ1n) is 9.41. The molecule has 2 heterocycles. The van der Waals surface area contributed by atoms with Crippen molar-refractivity contribution in [3.8, 4) is 0 Å². The molecule has 158 valence electrons. The molecule has 0 saturated carbocycles. The van der Waals surface area contributed by atoms with Crippen LogP contribution in [0.5, 0.6) is 0 Å².